The number of rotatable bonds is 9. The minimum absolute atomic E-state index is 0.202. The number of benzene rings is 2. The van der Waals surface area contributed by atoms with Crippen LogP contribution in [0.1, 0.15) is 49.2 Å². The largest absolute Gasteiger partial charge is 0.497 e. The molecule has 0 amide bonds. The number of aryl methyl sites for hydroxylation is 1. The average molecular weight is 444 g/mol. The number of nitrogens with zero attached hydrogens (tertiary/aromatic N) is 2. The van der Waals surface area contributed by atoms with E-state index < -0.39 is 16.1 Å². The molecule has 2 atom stereocenters. The van der Waals surface area contributed by atoms with Gasteiger partial charge in [-0.25, -0.2) is 13.4 Å². The lowest BCUT2D eigenvalue weighted by molar-refractivity contribution is 0.392. The summed E-state index contributed by atoms with van der Waals surface area (Å²) in [7, 11) is 1.10. The highest BCUT2D eigenvalue weighted by molar-refractivity contribution is 7.89. The Morgan fingerprint density at radius 2 is 1.65 bits per heavy atom. The molecule has 0 aliphatic heterocycles. The zero-order valence-corrected chi connectivity index (χ0v) is 19.3. The van der Waals surface area contributed by atoms with Crippen molar-refractivity contribution in [2.24, 2.45) is 7.05 Å². The van der Waals surface area contributed by atoms with E-state index in [2.05, 4.69) is 23.6 Å². The fourth-order valence-corrected chi connectivity index (χ4v) is 4.54. The SMILES string of the molecule is CC[C@H](C)c1ccc(S(=O)(=O)N[C@@H](c2cc(OC)cc(OC)c2)c2nccn2C)cc1. The quantitative estimate of drug-likeness (QED) is 0.540. The maximum absolute atomic E-state index is 13.3. The molecule has 1 heterocycles. The van der Waals surface area contributed by atoms with E-state index >= 15 is 0 Å². The van der Waals surface area contributed by atoms with E-state index in [0.717, 1.165) is 12.0 Å². The van der Waals surface area contributed by atoms with Crippen LogP contribution in [0.15, 0.2) is 59.8 Å². The highest BCUT2D eigenvalue weighted by Crippen LogP contribution is 2.31. The topological polar surface area (TPSA) is 82.5 Å². The molecule has 1 N–H and O–H groups in total. The Kier molecular flexibility index (Phi) is 7.02. The number of sulfonamides is 1. The van der Waals surface area contributed by atoms with Crippen molar-refractivity contribution in [1.82, 2.24) is 14.3 Å². The van der Waals surface area contributed by atoms with Crippen LogP contribution < -0.4 is 14.2 Å². The first-order valence-corrected chi connectivity index (χ1v) is 11.6. The molecule has 166 valence electrons. The Morgan fingerprint density at radius 3 is 2.13 bits per heavy atom. The normalized spacial score (nSPS) is 13.6. The molecule has 0 saturated carbocycles. The third-order valence-corrected chi connectivity index (χ3v) is 6.91. The monoisotopic (exact) mass is 443 g/mol. The molecule has 0 saturated heterocycles. The van der Waals surface area contributed by atoms with Crippen LogP contribution in [0.3, 0.4) is 0 Å². The standard InChI is InChI=1S/C23H29N3O4S/c1-6-16(2)17-7-9-21(10-8-17)31(27,28)25-22(23-24-11-12-26(23)3)18-13-19(29-4)15-20(14-18)30-5/h7-16,22,25H,6H2,1-5H3/t16-,22-/m0/s1. The molecule has 0 unspecified atom stereocenters. The Hall–Kier alpha value is -2.84. The van der Waals surface area contributed by atoms with Crippen LogP contribution in [0.4, 0.5) is 0 Å². The van der Waals surface area contributed by atoms with Crippen LogP contribution >= 0.6 is 0 Å². The van der Waals surface area contributed by atoms with Gasteiger partial charge >= 0.3 is 0 Å². The first kappa shape index (κ1) is 22.8. The number of nitrogens with one attached hydrogen (secondary N) is 1. The second kappa shape index (κ2) is 9.53. The molecule has 0 radical (unpaired) electrons. The van der Waals surface area contributed by atoms with E-state index in [9.17, 15) is 8.42 Å². The van der Waals surface area contributed by atoms with Crippen molar-refractivity contribution < 1.29 is 17.9 Å². The van der Waals surface area contributed by atoms with Crippen molar-refractivity contribution in [2.75, 3.05) is 14.2 Å². The van der Waals surface area contributed by atoms with Gasteiger partial charge in [0.05, 0.1) is 19.1 Å². The highest BCUT2D eigenvalue weighted by Gasteiger charge is 2.27. The van der Waals surface area contributed by atoms with Gasteiger partial charge in [-0.1, -0.05) is 26.0 Å². The molecule has 3 rings (SSSR count). The Morgan fingerprint density at radius 1 is 1.03 bits per heavy atom. The lowest BCUT2D eigenvalue weighted by atomic mass is 9.99. The molecule has 0 fully saturated rings. The summed E-state index contributed by atoms with van der Waals surface area (Å²) in [5, 5.41) is 0. The summed E-state index contributed by atoms with van der Waals surface area (Å²) < 4.78 is 41.9. The number of aromatic nitrogens is 2. The fraction of sp³-hybridized carbons (Fsp3) is 0.348. The van der Waals surface area contributed by atoms with Gasteiger partial charge in [0, 0.05) is 25.5 Å². The van der Waals surface area contributed by atoms with Crippen molar-refractivity contribution in [1.29, 1.82) is 0 Å². The van der Waals surface area contributed by atoms with Crippen molar-refractivity contribution in [3.05, 3.63) is 71.8 Å². The zero-order chi connectivity index (χ0) is 22.6. The van der Waals surface area contributed by atoms with Gasteiger partial charge in [0.1, 0.15) is 23.4 Å². The zero-order valence-electron chi connectivity index (χ0n) is 18.5. The molecule has 0 aliphatic carbocycles. The molecule has 2 aromatic carbocycles. The maximum atomic E-state index is 13.3. The van der Waals surface area contributed by atoms with Crippen molar-refractivity contribution >= 4 is 10.0 Å². The van der Waals surface area contributed by atoms with Crippen molar-refractivity contribution in [3.8, 4) is 11.5 Å². The predicted molar refractivity (Wildman–Crippen MR) is 120 cm³/mol. The number of methoxy groups -OCH3 is 2. The molecule has 1 aromatic heterocycles. The van der Waals surface area contributed by atoms with E-state index in [-0.39, 0.29) is 4.90 Å². The van der Waals surface area contributed by atoms with E-state index in [1.807, 2.05) is 19.2 Å². The maximum Gasteiger partial charge on any atom is 0.241 e. The third-order valence-electron chi connectivity index (χ3n) is 5.47. The number of ether oxygens (including phenoxy) is 2. The third kappa shape index (κ3) is 5.08. The van der Waals surface area contributed by atoms with Gasteiger partial charge in [0.15, 0.2) is 0 Å². The Bertz CT molecular complexity index is 1100. The molecule has 0 aliphatic rings. The van der Waals surface area contributed by atoms with Crippen molar-refractivity contribution in [2.45, 2.75) is 37.1 Å². The van der Waals surface area contributed by atoms with Gasteiger partial charge in [-0.2, -0.15) is 4.72 Å². The summed E-state index contributed by atoms with van der Waals surface area (Å²) in [6, 6.07) is 11.6. The average Bonchev–Trinajstić information content (AvgIpc) is 3.22. The first-order valence-electron chi connectivity index (χ1n) is 10.1. The predicted octanol–water partition coefficient (Wildman–Crippen LogP) is 4.02. The summed E-state index contributed by atoms with van der Waals surface area (Å²) in [6.45, 7) is 4.23. The molecule has 31 heavy (non-hydrogen) atoms. The van der Waals surface area contributed by atoms with Gasteiger partial charge in [0.2, 0.25) is 10.0 Å². The van der Waals surface area contributed by atoms with Crippen molar-refractivity contribution in [3.63, 3.8) is 0 Å². The van der Waals surface area contributed by atoms with Crippen LogP contribution in [-0.4, -0.2) is 32.2 Å². The highest BCUT2D eigenvalue weighted by atomic mass is 32.2. The summed E-state index contributed by atoms with van der Waals surface area (Å²) in [6.07, 6.45) is 4.40. The minimum atomic E-state index is -3.82. The summed E-state index contributed by atoms with van der Waals surface area (Å²) in [5.41, 5.74) is 1.77. The fourth-order valence-electron chi connectivity index (χ4n) is 3.36. The van der Waals surface area contributed by atoms with Crippen LogP contribution in [0.5, 0.6) is 11.5 Å². The Labute approximate surface area is 184 Å². The lowest BCUT2D eigenvalue weighted by Gasteiger charge is -2.21. The van der Waals surface area contributed by atoms with E-state index in [1.54, 1.807) is 61.5 Å². The number of imidazole rings is 1. The second-order valence-corrected chi connectivity index (χ2v) is 9.19. The summed E-state index contributed by atoms with van der Waals surface area (Å²) >= 11 is 0. The van der Waals surface area contributed by atoms with Gasteiger partial charge in [-0.15, -0.1) is 0 Å². The molecule has 0 bridgehead atoms. The van der Waals surface area contributed by atoms with Crippen LogP contribution in [0.25, 0.3) is 0 Å². The number of hydrogen-bond donors (Lipinski definition) is 1. The van der Waals surface area contributed by atoms with Crippen LogP contribution in [0.2, 0.25) is 0 Å². The molecular weight excluding hydrogens is 414 g/mol. The van der Waals surface area contributed by atoms with E-state index in [0.29, 0.717) is 28.8 Å². The Balaban J connectivity index is 2.03. The molecule has 3 aromatic rings. The molecule has 0 spiro atoms. The lowest BCUT2D eigenvalue weighted by Crippen LogP contribution is -2.31. The van der Waals surface area contributed by atoms with Gasteiger partial charge in [0.25, 0.3) is 0 Å². The van der Waals surface area contributed by atoms with Gasteiger partial charge < -0.3 is 14.0 Å². The smallest absolute Gasteiger partial charge is 0.241 e. The minimum Gasteiger partial charge on any atom is -0.497 e. The second-order valence-electron chi connectivity index (χ2n) is 7.47. The molecular formula is C23H29N3O4S. The summed E-state index contributed by atoms with van der Waals surface area (Å²) in [5.74, 6) is 2.04. The van der Waals surface area contributed by atoms with Gasteiger partial charge in [-0.3, -0.25) is 0 Å². The molecule has 7 nitrogen and oxygen atoms in total. The van der Waals surface area contributed by atoms with Crippen LogP contribution in [0, 0.1) is 0 Å². The molecule has 8 heteroatoms. The first-order chi connectivity index (χ1) is 14.8. The summed E-state index contributed by atoms with van der Waals surface area (Å²) in [4.78, 5) is 4.59. The van der Waals surface area contributed by atoms with Crippen LogP contribution in [-0.2, 0) is 17.1 Å². The van der Waals surface area contributed by atoms with E-state index in [1.165, 1.54) is 0 Å². The number of hydrogen-bond acceptors (Lipinski definition) is 5. The van der Waals surface area contributed by atoms with E-state index in [4.69, 9.17) is 9.47 Å². The van der Waals surface area contributed by atoms with Gasteiger partial charge in [-0.05, 0) is 47.7 Å².